The van der Waals surface area contributed by atoms with Crippen molar-refractivity contribution >= 4 is 5.97 Å². The predicted octanol–water partition coefficient (Wildman–Crippen LogP) is 2.93. The molecule has 0 aromatic carbocycles. The largest absolute Gasteiger partial charge is 0.462 e. The maximum Gasteiger partial charge on any atom is 0.333 e. The monoisotopic (exact) mass is 184 g/mol. The summed E-state index contributed by atoms with van der Waals surface area (Å²) >= 11 is 0. The Labute approximate surface area is 81.0 Å². The average Bonchev–Trinajstić information content (AvgIpc) is 2.13. The van der Waals surface area contributed by atoms with Crippen molar-refractivity contribution in [2.24, 2.45) is 5.41 Å². The summed E-state index contributed by atoms with van der Waals surface area (Å²) < 4.78 is 5.14. The van der Waals surface area contributed by atoms with E-state index < -0.39 is 0 Å². The van der Waals surface area contributed by atoms with Crippen molar-refractivity contribution in [3.63, 3.8) is 0 Å². The van der Waals surface area contributed by atoms with E-state index >= 15 is 0 Å². The van der Waals surface area contributed by atoms with Crippen LogP contribution >= 0.6 is 0 Å². The van der Waals surface area contributed by atoms with Crippen LogP contribution in [0, 0.1) is 5.41 Å². The highest BCUT2D eigenvalue weighted by atomic mass is 16.5. The highest BCUT2D eigenvalue weighted by Gasteiger charge is 2.17. The van der Waals surface area contributed by atoms with Crippen LogP contribution in [0.5, 0.6) is 0 Å². The zero-order chi connectivity index (χ0) is 10.5. The van der Waals surface area contributed by atoms with Crippen LogP contribution in [-0.4, -0.2) is 12.6 Å². The molecule has 0 amide bonds. The molecule has 0 N–H and O–H groups in total. The molecule has 0 saturated heterocycles. The van der Waals surface area contributed by atoms with Crippen molar-refractivity contribution in [3.8, 4) is 0 Å². The summed E-state index contributed by atoms with van der Waals surface area (Å²) in [5, 5.41) is 0. The average molecular weight is 184 g/mol. The van der Waals surface area contributed by atoms with E-state index in [1.807, 2.05) is 6.92 Å². The fraction of sp³-hybridized carbons (Fsp3) is 0.727. The van der Waals surface area contributed by atoms with Gasteiger partial charge in [-0.05, 0) is 25.7 Å². The maximum absolute atomic E-state index is 11.2. The smallest absolute Gasteiger partial charge is 0.333 e. The summed E-state index contributed by atoms with van der Waals surface area (Å²) in [6.07, 6.45) is 2.77. The Morgan fingerprint density at radius 3 is 2.38 bits per heavy atom. The molecule has 0 rings (SSSR count). The minimum atomic E-state index is -0.205. The van der Waals surface area contributed by atoms with Gasteiger partial charge in [-0.15, -0.1) is 0 Å². The van der Waals surface area contributed by atoms with Gasteiger partial charge in [-0.1, -0.05) is 26.8 Å². The Kier molecular flexibility index (Phi) is 4.74. The topological polar surface area (TPSA) is 26.3 Å². The molecule has 2 heteroatoms. The van der Waals surface area contributed by atoms with Crippen LogP contribution in [0.1, 0.15) is 41.0 Å². The Bertz CT molecular complexity index is 202. The molecule has 0 aliphatic heterocycles. The molecule has 0 unspecified atom stereocenters. The second kappa shape index (κ2) is 5.05. The Hall–Kier alpha value is -0.790. The normalized spacial score (nSPS) is 12.8. The lowest BCUT2D eigenvalue weighted by molar-refractivity contribution is -0.142. The second-order valence-corrected chi connectivity index (χ2v) is 4.07. The Morgan fingerprint density at radius 1 is 1.46 bits per heavy atom. The molecule has 0 heterocycles. The molecule has 0 fully saturated rings. The summed E-state index contributed by atoms with van der Waals surface area (Å²) in [5.41, 5.74) is 0.760. The summed E-state index contributed by atoms with van der Waals surface area (Å²) in [6.45, 7) is 10.4. The van der Waals surface area contributed by atoms with E-state index in [4.69, 9.17) is 4.74 Å². The van der Waals surface area contributed by atoms with Crippen LogP contribution in [0.3, 0.4) is 0 Å². The summed E-state index contributed by atoms with van der Waals surface area (Å²) in [5.74, 6) is -0.205. The lowest BCUT2D eigenvalue weighted by atomic mass is 9.92. The van der Waals surface area contributed by atoms with Crippen LogP contribution in [0.25, 0.3) is 0 Å². The number of allylic oxidation sites excluding steroid dienone is 1. The number of rotatable bonds is 4. The number of carbonyl (C=O) groups excluding carboxylic acids is 1. The molecule has 0 aromatic rings. The van der Waals surface area contributed by atoms with Crippen LogP contribution in [0.15, 0.2) is 11.6 Å². The standard InChI is InChI=1S/C11H20O2/c1-6-9(3)10(12)13-8-11(4,5)7-2/h6H,7-8H2,1-5H3. The van der Waals surface area contributed by atoms with E-state index in [0.717, 1.165) is 6.42 Å². The second-order valence-electron chi connectivity index (χ2n) is 4.07. The van der Waals surface area contributed by atoms with Crippen LogP contribution < -0.4 is 0 Å². The first kappa shape index (κ1) is 12.2. The minimum absolute atomic E-state index is 0.0870. The summed E-state index contributed by atoms with van der Waals surface area (Å²) in [6, 6.07) is 0. The van der Waals surface area contributed by atoms with E-state index in [-0.39, 0.29) is 11.4 Å². The van der Waals surface area contributed by atoms with Crippen molar-refractivity contribution in [1.29, 1.82) is 0 Å². The lowest BCUT2D eigenvalue weighted by Gasteiger charge is -2.21. The molecular weight excluding hydrogens is 164 g/mol. The van der Waals surface area contributed by atoms with Crippen molar-refractivity contribution in [3.05, 3.63) is 11.6 Å². The van der Waals surface area contributed by atoms with Gasteiger partial charge >= 0.3 is 5.97 Å². The molecule has 0 bridgehead atoms. The van der Waals surface area contributed by atoms with Gasteiger partial charge in [-0.25, -0.2) is 4.79 Å². The molecule has 13 heavy (non-hydrogen) atoms. The number of hydrogen-bond donors (Lipinski definition) is 0. The third-order valence-corrected chi connectivity index (χ3v) is 2.31. The molecule has 0 saturated carbocycles. The zero-order valence-electron chi connectivity index (χ0n) is 9.31. The minimum Gasteiger partial charge on any atom is -0.462 e. The van der Waals surface area contributed by atoms with Gasteiger partial charge in [0.2, 0.25) is 0 Å². The highest BCUT2D eigenvalue weighted by Crippen LogP contribution is 2.20. The summed E-state index contributed by atoms with van der Waals surface area (Å²) in [4.78, 5) is 11.2. The van der Waals surface area contributed by atoms with E-state index in [1.165, 1.54) is 0 Å². The third-order valence-electron chi connectivity index (χ3n) is 2.31. The van der Waals surface area contributed by atoms with Crippen LogP contribution in [0.4, 0.5) is 0 Å². The van der Waals surface area contributed by atoms with E-state index in [1.54, 1.807) is 13.0 Å². The van der Waals surface area contributed by atoms with Crippen LogP contribution in [-0.2, 0) is 9.53 Å². The van der Waals surface area contributed by atoms with Crippen LogP contribution in [0.2, 0.25) is 0 Å². The molecule has 0 atom stereocenters. The number of esters is 1. The molecule has 0 aliphatic carbocycles. The zero-order valence-corrected chi connectivity index (χ0v) is 9.31. The SMILES string of the molecule is CC=C(C)C(=O)OCC(C)(C)CC. The fourth-order valence-electron chi connectivity index (χ4n) is 0.595. The molecule has 0 aliphatic rings. The molecule has 0 spiro atoms. The molecule has 2 nitrogen and oxygen atoms in total. The molecular formula is C11H20O2. The van der Waals surface area contributed by atoms with E-state index in [2.05, 4.69) is 20.8 Å². The Balaban J connectivity index is 3.97. The van der Waals surface area contributed by atoms with Gasteiger partial charge in [0.05, 0.1) is 6.61 Å². The van der Waals surface area contributed by atoms with Crippen molar-refractivity contribution in [1.82, 2.24) is 0 Å². The first-order chi connectivity index (χ1) is 5.93. The molecule has 76 valence electrons. The number of ether oxygens (including phenoxy) is 1. The molecule has 0 aromatic heterocycles. The Morgan fingerprint density at radius 2 is 2.00 bits per heavy atom. The quantitative estimate of drug-likeness (QED) is 0.496. The van der Waals surface area contributed by atoms with Crippen molar-refractivity contribution in [2.75, 3.05) is 6.61 Å². The van der Waals surface area contributed by atoms with Crippen molar-refractivity contribution < 1.29 is 9.53 Å². The lowest BCUT2D eigenvalue weighted by Crippen LogP contribution is -2.21. The first-order valence-corrected chi connectivity index (χ1v) is 4.73. The van der Waals surface area contributed by atoms with Gasteiger partial charge in [0.25, 0.3) is 0 Å². The van der Waals surface area contributed by atoms with Gasteiger partial charge in [0.1, 0.15) is 0 Å². The fourth-order valence-corrected chi connectivity index (χ4v) is 0.595. The third kappa shape index (κ3) is 4.71. The van der Waals surface area contributed by atoms with E-state index in [9.17, 15) is 4.79 Å². The van der Waals surface area contributed by atoms with Gasteiger partial charge in [0, 0.05) is 5.57 Å². The predicted molar refractivity (Wildman–Crippen MR) is 54.5 cm³/mol. The maximum atomic E-state index is 11.2. The van der Waals surface area contributed by atoms with Crippen molar-refractivity contribution in [2.45, 2.75) is 41.0 Å². The summed E-state index contributed by atoms with van der Waals surface area (Å²) in [7, 11) is 0. The number of hydrogen-bond acceptors (Lipinski definition) is 2. The van der Waals surface area contributed by atoms with Gasteiger partial charge < -0.3 is 4.74 Å². The van der Waals surface area contributed by atoms with Gasteiger partial charge in [0.15, 0.2) is 0 Å². The first-order valence-electron chi connectivity index (χ1n) is 4.73. The van der Waals surface area contributed by atoms with E-state index in [0.29, 0.717) is 12.2 Å². The molecule has 0 radical (unpaired) electrons. The highest BCUT2D eigenvalue weighted by molar-refractivity contribution is 5.87. The number of carbonyl (C=O) groups is 1. The van der Waals surface area contributed by atoms with Gasteiger partial charge in [-0.2, -0.15) is 0 Å². The van der Waals surface area contributed by atoms with Gasteiger partial charge in [-0.3, -0.25) is 0 Å².